The maximum absolute atomic E-state index is 13.3. The fourth-order valence-electron chi connectivity index (χ4n) is 5.82. The van der Waals surface area contributed by atoms with Gasteiger partial charge in [-0.25, -0.2) is 0 Å². The molecular weight excluding hydrogens is 525 g/mol. The highest BCUT2D eigenvalue weighted by Crippen LogP contribution is 2.38. The van der Waals surface area contributed by atoms with Crippen molar-refractivity contribution in [2.75, 3.05) is 43.5 Å². The molecule has 1 N–H and O–H groups in total. The van der Waals surface area contributed by atoms with E-state index in [0.717, 1.165) is 50.4 Å². The second kappa shape index (κ2) is 12.8. The van der Waals surface area contributed by atoms with Crippen LogP contribution in [0.2, 0.25) is 0 Å². The number of carbonyl (C=O) groups is 1. The van der Waals surface area contributed by atoms with Crippen molar-refractivity contribution >= 4 is 23.0 Å². The molecule has 1 aliphatic carbocycles. The molecule has 0 unspecified atom stereocenters. The highest BCUT2D eigenvalue weighted by atomic mass is 19.4. The van der Waals surface area contributed by atoms with Crippen LogP contribution in [0.25, 0.3) is 0 Å². The standard InChI is InChI=1S/C29H37F3N4O4/c1-3-40-25-11-9-24(10-12-25)35-16-14-20(15-17-35)19-34(2)28(37)21-4-6-22(7-5-21)33-23-8-13-27(36(38)39)26(18-23)29(30,31)32/h8-13,18,20-22,33H,3-7,14-17,19H2,1-2H3/t21-,22-. The lowest BCUT2D eigenvalue weighted by Crippen LogP contribution is -2.42. The number of hydrogen-bond donors (Lipinski definition) is 1. The smallest absolute Gasteiger partial charge is 0.423 e. The van der Waals surface area contributed by atoms with Crippen molar-refractivity contribution in [3.05, 3.63) is 58.1 Å². The molecule has 0 atom stereocenters. The third-order valence-electron chi connectivity index (χ3n) is 7.98. The van der Waals surface area contributed by atoms with Gasteiger partial charge in [-0.1, -0.05) is 0 Å². The minimum Gasteiger partial charge on any atom is -0.494 e. The third-order valence-corrected chi connectivity index (χ3v) is 7.98. The molecule has 218 valence electrons. The number of ether oxygens (including phenoxy) is 1. The summed E-state index contributed by atoms with van der Waals surface area (Å²) in [5.41, 5.74) is -0.850. The van der Waals surface area contributed by atoms with Crippen LogP contribution < -0.4 is 15.0 Å². The average Bonchev–Trinajstić information content (AvgIpc) is 2.93. The normalized spacial score (nSPS) is 20.2. The Kier molecular flexibility index (Phi) is 9.42. The number of carbonyl (C=O) groups excluding carboxylic acids is 1. The first kappa shape index (κ1) is 29.5. The number of anilines is 2. The van der Waals surface area contributed by atoms with Crippen LogP contribution in [0.5, 0.6) is 5.75 Å². The van der Waals surface area contributed by atoms with Crippen molar-refractivity contribution < 1.29 is 27.6 Å². The first-order valence-electron chi connectivity index (χ1n) is 13.9. The van der Waals surface area contributed by atoms with Gasteiger partial charge in [-0.3, -0.25) is 14.9 Å². The number of nitrogens with one attached hydrogen (secondary N) is 1. The van der Waals surface area contributed by atoms with Crippen LogP contribution in [0.15, 0.2) is 42.5 Å². The van der Waals surface area contributed by atoms with Gasteiger partial charge < -0.3 is 19.9 Å². The molecule has 2 aliphatic rings. The molecular formula is C29H37F3N4O4. The number of rotatable bonds is 9. The zero-order chi connectivity index (χ0) is 28.9. The van der Waals surface area contributed by atoms with Crippen LogP contribution in [0.1, 0.15) is 51.0 Å². The van der Waals surface area contributed by atoms with E-state index in [1.54, 1.807) is 0 Å². The Morgan fingerprint density at radius 2 is 1.73 bits per heavy atom. The Morgan fingerprint density at radius 1 is 1.07 bits per heavy atom. The Balaban J connectivity index is 1.22. The van der Waals surface area contributed by atoms with Gasteiger partial charge in [0.05, 0.1) is 11.5 Å². The van der Waals surface area contributed by atoms with Gasteiger partial charge in [0.2, 0.25) is 5.91 Å². The van der Waals surface area contributed by atoms with Crippen molar-refractivity contribution in [1.29, 1.82) is 0 Å². The highest BCUT2D eigenvalue weighted by molar-refractivity contribution is 5.78. The van der Waals surface area contributed by atoms with Crippen molar-refractivity contribution in [3.63, 3.8) is 0 Å². The molecule has 4 rings (SSSR count). The molecule has 1 amide bonds. The summed E-state index contributed by atoms with van der Waals surface area (Å²) in [4.78, 5) is 27.3. The Morgan fingerprint density at radius 3 is 2.30 bits per heavy atom. The van der Waals surface area contributed by atoms with Crippen LogP contribution >= 0.6 is 0 Å². The number of nitro benzene ring substituents is 1. The summed E-state index contributed by atoms with van der Waals surface area (Å²) < 4.78 is 45.4. The molecule has 0 radical (unpaired) electrons. The molecule has 0 bridgehead atoms. The number of piperidine rings is 1. The number of nitro groups is 1. The summed E-state index contributed by atoms with van der Waals surface area (Å²) in [5.74, 6) is 1.33. The van der Waals surface area contributed by atoms with Gasteiger partial charge in [0.15, 0.2) is 0 Å². The van der Waals surface area contributed by atoms with Crippen LogP contribution in [0.4, 0.5) is 30.2 Å². The van der Waals surface area contributed by atoms with Crippen LogP contribution in [-0.4, -0.2) is 55.1 Å². The maximum atomic E-state index is 13.3. The van der Waals surface area contributed by atoms with E-state index >= 15 is 0 Å². The van der Waals surface area contributed by atoms with Crippen LogP contribution in [-0.2, 0) is 11.0 Å². The summed E-state index contributed by atoms with van der Waals surface area (Å²) >= 11 is 0. The molecule has 0 aromatic heterocycles. The zero-order valence-corrected chi connectivity index (χ0v) is 23.0. The van der Waals surface area contributed by atoms with E-state index in [4.69, 9.17) is 4.74 Å². The number of benzene rings is 2. The summed E-state index contributed by atoms with van der Waals surface area (Å²) in [6.07, 6.45) is -0.216. The van der Waals surface area contributed by atoms with Gasteiger partial charge in [0, 0.05) is 56.1 Å². The lowest BCUT2D eigenvalue weighted by molar-refractivity contribution is -0.388. The van der Waals surface area contributed by atoms with Gasteiger partial charge in [-0.2, -0.15) is 13.2 Å². The minimum atomic E-state index is -4.82. The van der Waals surface area contributed by atoms with Gasteiger partial charge in [-0.15, -0.1) is 0 Å². The van der Waals surface area contributed by atoms with Gasteiger partial charge in [0.1, 0.15) is 11.3 Å². The fourth-order valence-corrected chi connectivity index (χ4v) is 5.82. The SMILES string of the molecule is CCOc1ccc(N2CCC(CN(C)C(=O)[C@H]3CC[C@H](Nc4ccc([N+](=O)[O-])c(C(F)(F)F)c4)CC3)CC2)cc1. The molecule has 2 aromatic rings. The topological polar surface area (TPSA) is 88.0 Å². The summed E-state index contributed by atoms with van der Waals surface area (Å²) in [5, 5.41) is 14.1. The average molecular weight is 563 g/mol. The van der Waals surface area contributed by atoms with E-state index < -0.39 is 22.4 Å². The van der Waals surface area contributed by atoms with Crippen molar-refractivity contribution in [2.24, 2.45) is 11.8 Å². The van der Waals surface area contributed by atoms with Crippen LogP contribution in [0.3, 0.4) is 0 Å². The van der Waals surface area contributed by atoms with Crippen LogP contribution in [0, 0.1) is 22.0 Å². The first-order chi connectivity index (χ1) is 19.0. The second-order valence-corrected chi connectivity index (χ2v) is 10.8. The van der Waals surface area contributed by atoms with Crippen molar-refractivity contribution in [1.82, 2.24) is 4.90 Å². The quantitative estimate of drug-likeness (QED) is 0.283. The highest BCUT2D eigenvalue weighted by Gasteiger charge is 2.39. The Bertz CT molecular complexity index is 1160. The van der Waals surface area contributed by atoms with Crippen molar-refractivity contribution in [3.8, 4) is 5.75 Å². The van der Waals surface area contributed by atoms with Gasteiger partial charge >= 0.3 is 6.18 Å². The van der Waals surface area contributed by atoms with E-state index in [1.807, 2.05) is 31.0 Å². The maximum Gasteiger partial charge on any atom is 0.423 e. The van der Waals surface area contributed by atoms with Gasteiger partial charge in [-0.05, 0) is 87.8 Å². The molecule has 2 fully saturated rings. The van der Waals surface area contributed by atoms with E-state index in [9.17, 15) is 28.1 Å². The number of amides is 1. The van der Waals surface area contributed by atoms with E-state index in [-0.39, 0.29) is 23.6 Å². The lowest BCUT2D eigenvalue weighted by Gasteiger charge is -2.36. The molecule has 1 saturated carbocycles. The van der Waals surface area contributed by atoms with Crippen molar-refractivity contribution in [2.45, 2.75) is 57.7 Å². The lowest BCUT2D eigenvalue weighted by atomic mass is 9.84. The zero-order valence-electron chi connectivity index (χ0n) is 23.0. The monoisotopic (exact) mass is 562 g/mol. The predicted molar refractivity (Wildman–Crippen MR) is 148 cm³/mol. The summed E-state index contributed by atoms with van der Waals surface area (Å²) in [6, 6.07) is 11.1. The molecule has 1 saturated heterocycles. The Hall–Kier alpha value is -3.50. The first-order valence-corrected chi connectivity index (χ1v) is 13.9. The number of nitrogens with zero attached hydrogens (tertiary/aromatic N) is 3. The molecule has 2 aromatic carbocycles. The molecule has 0 spiro atoms. The predicted octanol–water partition coefficient (Wildman–Crippen LogP) is 6.36. The molecule has 1 aliphatic heterocycles. The van der Waals surface area contributed by atoms with E-state index in [2.05, 4.69) is 22.3 Å². The molecule has 11 heteroatoms. The number of alkyl halides is 3. The number of halogens is 3. The second-order valence-electron chi connectivity index (χ2n) is 10.8. The third kappa shape index (κ3) is 7.37. The largest absolute Gasteiger partial charge is 0.494 e. The summed E-state index contributed by atoms with van der Waals surface area (Å²) in [6.45, 7) is 5.21. The van der Waals surface area contributed by atoms with E-state index in [0.29, 0.717) is 38.2 Å². The van der Waals surface area contributed by atoms with E-state index in [1.165, 1.54) is 11.8 Å². The minimum absolute atomic E-state index is 0.0937. The van der Waals surface area contributed by atoms with Gasteiger partial charge in [0.25, 0.3) is 5.69 Å². The molecule has 1 heterocycles. The molecule has 8 nitrogen and oxygen atoms in total. The number of hydrogen-bond acceptors (Lipinski definition) is 6. The Labute approximate surface area is 232 Å². The fraction of sp³-hybridized carbons (Fsp3) is 0.552. The summed E-state index contributed by atoms with van der Waals surface area (Å²) in [7, 11) is 1.86. The molecule has 40 heavy (non-hydrogen) atoms.